The van der Waals surface area contributed by atoms with Gasteiger partial charge in [-0.3, -0.25) is 4.79 Å². The minimum atomic E-state index is 0.00355. The second-order valence-electron chi connectivity index (χ2n) is 6.18. The second-order valence-corrected chi connectivity index (χ2v) is 7.06. The second kappa shape index (κ2) is 6.66. The van der Waals surface area contributed by atoms with E-state index < -0.39 is 0 Å². The van der Waals surface area contributed by atoms with Gasteiger partial charge in [0.25, 0.3) is 0 Å². The van der Waals surface area contributed by atoms with Gasteiger partial charge in [0.15, 0.2) is 11.5 Å². The van der Waals surface area contributed by atoms with Gasteiger partial charge in [0.2, 0.25) is 5.43 Å². The largest absolute Gasteiger partial charge is 0.438 e. The normalized spacial score (nSPS) is 14.3. The summed E-state index contributed by atoms with van der Waals surface area (Å²) in [5, 5.41) is 1.88. The standard InChI is InChI=1S/C20H18N2O2S/c21-16-6-4-5-14(11-16)7-8-15-13-25-20-17(23)12-18(24-19(15)20)22-9-2-1-3-10-22/h4-6,11-13H,1-3,9-10,21H2. The zero-order valence-electron chi connectivity index (χ0n) is 13.7. The number of anilines is 2. The zero-order valence-corrected chi connectivity index (χ0v) is 14.6. The van der Waals surface area contributed by atoms with Crippen LogP contribution in [0.2, 0.25) is 0 Å². The monoisotopic (exact) mass is 350 g/mol. The molecular formula is C20H18N2O2S. The first-order valence-electron chi connectivity index (χ1n) is 8.38. The molecule has 25 heavy (non-hydrogen) atoms. The predicted octanol–water partition coefficient (Wildman–Crippen LogP) is 3.83. The van der Waals surface area contributed by atoms with Crippen molar-refractivity contribution in [3.63, 3.8) is 0 Å². The maximum absolute atomic E-state index is 12.4. The Morgan fingerprint density at radius 2 is 1.96 bits per heavy atom. The van der Waals surface area contributed by atoms with Gasteiger partial charge in [0.05, 0.1) is 5.56 Å². The molecule has 1 aliphatic heterocycles. The first-order valence-corrected chi connectivity index (χ1v) is 9.26. The van der Waals surface area contributed by atoms with Crippen LogP contribution in [0.15, 0.2) is 44.9 Å². The highest BCUT2D eigenvalue weighted by atomic mass is 32.1. The van der Waals surface area contributed by atoms with Gasteiger partial charge in [-0.2, -0.15) is 0 Å². The first kappa shape index (κ1) is 15.8. The Bertz CT molecular complexity index is 1030. The van der Waals surface area contributed by atoms with Crippen molar-refractivity contribution in [3.8, 4) is 11.8 Å². The quantitative estimate of drug-likeness (QED) is 0.535. The third-order valence-corrected chi connectivity index (χ3v) is 5.30. The summed E-state index contributed by atoms with van der Waals surface area (Å²) in [7, 11) is 0. The van der Waals surface area contributed by atoms with Gasteiger partial charge in [-0.1, -0.05) is 17.9 Å². The Kier molecular flexibility index (Phi) is 4.21. The number of fused-ring (bicyclic) bond motifs is 1. The predicted molar refractivity (Wildman–Crippen MR) is 103 cm³/mol. The Morgan fingerprint density at radius 3 is 2.76 bits per heavy atom. The highest BCUT2D eigenvalue weighted by Crippen LogP contribution is 2.28. The maximum Gasteiger partial charge on any atom is 0.204 e. The molecule has 0 atom stereocenters. The molecule has 0 bridgehead atoms. The van der Waals surface area contributed by atoms with Crippen LogP contribution < -0.4 is 16.1 Å². The van der Waals surface area contributed by atoms with Gasteiger partial charge >= 0.3 is 0 Å². The highest BCUT2D eigenvalue weighted by molar-refractivity contribution is 7.17. The fourth-order valence-electron chi connectivity index (χ4n) is 3.04. The van der Waals surface area contributed by atoms with E-state index >= 15 is 0 Å². The average Bonchev–Trinajstić information content (AvgIpc) is 3.04. The molecule has 5 heteroatoms. The molecule has 1 fully saturated rings. The number of nitrogens with zero attached hydrogens (tertiary/aromatic N) is 1. The molecule has 1 aliphatic rings. The lowest BCUT2D eigenvalue weighted by Crippen LogP contribution is -2.29. The van der Waals surface area contributed by atoms with Crippen LogP contribution in [0.3, 0.4) is 0 Å². The van der Waals surface area contributed by atoms with Gasteiger partial charge in [-0.25, -0.2) is 0 Å². The third-order valence-electron chi connectivity index (χ3n) is 4.33. The van der Waals surface area contributed by atoms with Gasteiger partial charge in [-0.15, -0.1) is 11.3 Å². The Hall–Kier alpha value is -2.71. The lowest BCUT2D eigenvalue weighted by Gasteiger charge is -2.26. The van der Waals surface area contributed by atoms with E-state index in [-0.39, 0.29) is 5.43 Å². The van der Waals surface area contributed by atoms with Crippen LogP contribution in [-0.2, 0) is 0 Å². The molecule has 0 spiro atoms. The average molecular weight is 350 g/mol. The fraction of sp³-hybridized carbons (Fsp3) is 0.250. The zero-order chi connectivity index (χ0) is 17.2. The van der Waals surface area contributed by atoms with Crippen molar-refractivity contribution in [1.29, 1.82) is 0 Å². The van der Waals surface area contributed by atoms with E-state index in [9.17, 15) is 4.79 Å². The summed E-state index contributed by atoms with van der Waals surface area (Å²) < 4.78 is 6.70. The van der Waals surface area contributed by atoms with E-state index in [4.69, 9.17) is 10.2 Å². The summed E-state index contributed by atoms with van der Waals surface area (Å²) >= 11 is 1.38. The number of piperidine rings is 1. The molecular weight excluding hydrogens is 332 g/mol. The van der Waals surface area contributed by atoms with Crippen molar-refractivity contribution in [2.24, 2.45) is 0 Å². The third kappa shape index (κ3) is 3.26. The van der Waals surface area contributed by atoms with E-state index in [1.807, 2.05) is 29.6 Å². The van der Waals surface area contributed by atoms with E-state index in [2.05, 4.69) is 16.7 Å². The number of benzene rings is 1. The molecule has 1 saturated heterocycles. The molecule has 3 heterocycles. The van der Waals surface area contributed by atoms with E-state index in [1.165, 1.54) is 17.8 Å². The molecule has 0 saturated carbocycles. The minimum absolute atomic E-state index is 0.00355. The van der Waals surface area contributed by atoms with Crippen molar-refractivity contribution < 1.29 is 4.42 Å². The summed E-state index contributed by atoms with van der Waals surface area (Å²) in [5.74, 6) is 6.88. The minimum Gasteiger partial charge on any atom is -0.438 e. The van der Waals surface area contributed by atoms with Crippen LogP contribution >= 0.6 is 11.3 Å². The Morgan fingerprint density at radius 1 is 1.12 bits per heavy atom. The summed E-state index contributed by atoms with van der Waals surface area (Å²) in [5.41, 5.74) is 8.66. The molecule has 2 aromatic heterocycles. The molecule has 2 N–H and O–H groups in total. The van der Waals surface area contributed by atoms with Crippen molar-refractivity contribution in [2.75, 3.05) is 23.7 Å². The fourth-order valence-corrected chi connectivity index (χ4v) is 3.88. The summed E-state index contributed by atoms with van der Waals surface area (Å²) in [4.78, 5) is 14.6. The van der Waals surface area contributed by atoms with E-state index in [0.717, 1.165) is 37.1 Å². The number of nitrogens with two attached hydrogens (primary N) is 1. The van der Waals surface area contributed by atoms with E-state index in [0.29, 0.717) is 21.9 Å². The Labute approximate surface area is 149 Å². The first-order chi connectivity index (χ1) is 12.2. The van der Waals surface area contributed by atoms with Crippen LogP contribution in [0.1, 0.15) is 30.4 Å². The molecule has 3 aromatic rings. The van der Waals surface area contributed by atoms with Crippen LogP contribution in [0.25, 0.3) is 10.3 Å². The van der Waals surface area contributed by atoms with Gasteiger partial charge in [0.1, 0.15) is 4.70 Å². The van der Waals surface area contributed by atoms with Crippen molar-refractivity contribution in [3.05, 3.63) is 57.1 Å². The van der Waals surface area contributed by atoms with Crippen LogP contribution in [0, 0.1) is 11.8 Å². The number of thiophene rings is 1. The molecule has 0 aliphatic carbocycles. The lowest BCUT2D eigenvalue weighted by molar-refractivity contribution is 0.513. The van der Waals surface area contributed by atoms with E-state index in [1.54, 1.807) is 6.07 Å². The van der Waals surface area contributed by atoms with Crippen LogP contribution in [0.5, 0.6) is 0 Å². The lowest BCUT2D eigenvalue weighted by atomic mass is 10.1. The number of hydrogen-bond donors (Lipinski definition) is 1. The van der Waals surface area contributed by atoms with Crippen LogP contribution in [-0.4, -0.2) is 13.1 Å². The summed E-state index contributed by atoms with van der Waals surface area (Å²) in [6.45, 7) is 1.87. The molecule has 0 radical (unpaired) electrons. The Balaban J connectivity index is 1.75. The molecule has 4 rings (SSSR count). The van der Waals surface area contributed by atoms with Gasteiger partial charge < -0.3 is 15.1 Å². The molecule has 4 nitrogen and oxygen atoms in total. The topological polar surface area (TPSA) is 59.5 Å². The van der Waals surface area contributed by atoms with Gasteiger partial charge in [0, 0.05) is 35.8 Å². The maximum atomic E-state index is 12.4. The van der Waals surface area contributed by atoms with Crippen molar-refractivity contribution in [1.82, 2.24) is 0 Å². The SMILES string of the molecule is Nc1cccc(C#Cc2csc3c(=O)cc(N4CCCCC4)oc23)c1. The van der Waals surface area contributed by atoms with Gasteiger partial charge in [-0.05, 0) is 37.5 Å². The van der Waals surface area contributed by atoms with Crippen LogP contribution in [0.4, 0.5) is 11.6 Å². The number of nitrogen functional groups attached to an aromatic ring is 1. The molecule has 126 valence electrons. The van der Waals surface area contributed by atoms with Crippen molar-refractivity contribution in [2.45, 2.75) is 19.3 Å². The number of hydrogen-bond acceptors (Lipinski definition) is 5. The smallest absolute Gasteiger partial charge is 0.204 e. The number of rotatable bonds is 1. The molecule has 0 unspecified atom stereocenters. The molecule has 1 aromatic carbocycles. The molecule has 0 amide bonds. The van der Waals surface area contributed by atoms with Crippen molar-refractivity contribution >= 4 is 33.2 Å². The highest BCUT2D eigenvalue weighted by Gasteiger charge is 2.17. The summed E-state index contributed by atoms with van der Waals surface area (Å²) in [6.07, 6.45) is 3.50. The summed E-state index contributed by atoms with van der Waals surface area (Å²) in [6, 6.07) is 9.05.